The van der Waals surface area contributed by atoms with Crippen molar-refractivity contribution in [3.63, 3.8) is 0 Å². The number of nitrogens with one attached hydrogen (secondary N) is 1. The summed E-state index contributed by atoms with van der Waals surface area (Å²) in [6, 6.07) is 11.0. The van der Waals surface area contributed by atoms with Crippen molar-refractivity contribution in [2.45, 2.75) is 16.7 Å². The quantitative estimate of drug-likeness (QED) is 0.811. The second-order valence-electron chi connectivity index (χ2n) is 6.42. The van der Waals surface area contributed by atoms with Crippen molar-refractivity contribution in [2.24, 2.45) is 0 Å². The smallest absolute Gasteiger partial charge is 0.263 e. The van der Waals surface area contributed by atoms with Crippen LogP contribution in [0, 0.1) is 6.92 Å². The molecule has 9 heteroatoms. The summed E-state index contributed by atoms with van der Waals surface area (Å²) < 4.78 is 57.3. The molecule has 1 aliphatic heterocycles. The lowest BCUT2D eigenvalue weighted by atomic mass is 10.1. The first-order chi connectivity index (χ1) is 12.7. The Morgan fingerprint density at radius 3 is 2.19 bits per heavy atom. The Bertz CT molecular complexity index is 1040. The molecule has 146 valence electrons. The molecule has 27 heavy (non-hydrogen) atoms. The van der Waals surface area contributed by atoms with Gasteiger partial charge in [-0.25, -0.2) is 16.8 Å². The van der Waals surface area contributed by atoms with E-state index in [1.165, 1.54) is 24.3 Å². The van der Waals surface area contributed by atoms with E-state index in [1.54, 1.807) is 6.07 Å². The van der Waals surface area contributed by atoms with Crippen molar-refractivity contribution >= 4 is 31.2 Å². The van der Waals surface area contributed by atoms with E-state index < -0.39 is 19.9 Å². The number of aryl methyl sites for hydroxylation is 1. The van der Waals surface area contributed by atoms with Gasteiger partial charge in [0, 0.05) is 25.0 Å². The standard InChI is InChI=1S/C18H22N2O5S2/c1-14-13-15(20-9-11-25-12-10-20)7-8-16(14)19-27(23,24)18-6-4-3-5-17(18)26(2,21)22/h3-8,13,19H,9-12H2,1-2H3. The van der Waals surface area contributed by atoms with Crippen LogP contribution in [0.25, 0.3) is 0 Å². The molecule has 0 aliphatic carbocycles. The molecule has 0 bridgehead atoms. The summed E-state index contributed by atoms with van der Waals surface area (Å²) in [5, 5.41) is 0. The fourth-order valence-electron chi connectivity index (χ4n) is 2.96. The summed E-state index contributed by atoms with van der Waals surface area (Å²) in [7, 11) is -7.73. The number of rotatable bonds is 5. The van der Waals surface area contributed by atoms with Gasteiger partial charge in [-0.15, -0.1) is 0 Å². The molecule has 0 spiro atoms. The maximum absolute atomic E-state index is 12.8. The summed E-state index contributed by atoms with van der Waals surface area (Å²) in [5.41, 5.74) is 2.16. The van der Waals surface area contributed by atoms with Crippen LogP contribution in [0.3, 0.4) is 0 Å². The van der Waals surface area contributed by atoms with Crippen LogP contribution >= 0.6 is 0 Å². The molecule has 0 atom stereocenters. The molecular formula is C18H22N2O5S2. The van der Waals surface area contributed by atoms with E-state index in [0.29, 0.717) is 18.9 Å². The van der Waals surface area contributed by atoms with Crippen LogP contribution in [0.2, 0.25) is 0 Å². The first-order valence-corrected chi connectivity index (χ1v) is 11.8. The second-order valence-corrected chi connectivity index (χ2v) is 10.1. The highest BCUT2D eigenvalue weighted by Crippen LogP contribution is 2.27. The molecule has 2 aromatic carbocycles. The number of nitrogens with zero attached hydrogens (tertiary/aromatic N) is 1. The largest absolute Gasteiger partial charge is 0.378 e. The number of ether oxygens (including phenoxy) is 1. The molecule has 1 saturated heterocycles. The number of sulfone groups is 1. The van der Waals surface area contributed by atoms with Gasteiger partial charge in [0.1, 0.15) is 4.90 Å². The van der Waals surface area contributed by atoms with E-state index in [0.717, 1.165) is 30.6 Å². The molecule has 0 saturated carbocycles. The molecule has 0 radical (unpaired) electrons. The SMILES string of the molecule is Cc1cc(N2CCOCC2)ccc1NS(=O)(=O)c1ccccc1S(C)(=O)=O. The van der Waals surface area contributed by atoms with E-state index in [1.807, 2.05) is 19.1 Å². The Morgan fingerprint density at radius 2 is 1.59 bits per heavy atom. The molecule has 2 aromatic rings. The Hall–Kier alpha value is -2.10. The number of sulfonamides is 1. The van der Waals surface area contributed by atoms with Gasteiger partial charge in [-0.2, -0.15) is 0 Å². The number of hydrogen-bond donors (Lipinski definition) is 1. The summed E-state index contributed by atoms with van der Waals surface area (Å²) in [6.07, 6.45) is 0.990. The average Bonchev–Trinajstić information content (AvgIpc) is 2.63. The highest BCUT2D eigenvalue weighted by atomic mass is 32.2. The highest BCUT2D eigenvalue weighted by molar-refractivity contribution is 7.95. The third kappa shape index (κ3) is 4.42. The van der Waals surface area contributed by atoms with Crippen LogP contribution in [0.4, 0.5) is 11.4 Å². The van der Waals surface area contributed by atoms with E-state index in [9.17, 15) is 16.8 Å². The summed E-state index contributed by atoms with van der Waals surface area (Å²) >= 11 is 0. The van der Waals surface area contributed by atoms with Crippen LogP contribution < -0.4 is 9.62 Å². The normalized spacial score (nSPS) is 15.6. The second kappa shape index (κ2) is 7.49. The lowest BCUT2D eigenvalue weighted by Gasteiger charge is -2.29. The van der Waals surface area contributed by atoms with Gasteiger partial charge < -0.3 is 9.64 Å². The lowest BCUT2D eigenvalue weighted by Crippen LogP contribution is -2.36. The number of hydrogen-bond acceptors (Lipinski definition) is 6. The minimum absolute atomic E-state index is 0.222. The number of anilines is 2. The molecule has 1 heterocycles. The minimum Gasteiger partial charge on any atom is -0.378 e. The van der Waals surface area contributed by atoms with Crippen LogP contribution in [-0.2, 0) is 24.6 Å². The van der Waals surface area contributed by atoms with Gasteiger partial charge in [-0.1, -0.05) is 12.1 Å². The van der Waals surface area contributed by atoms with Gasteiger partial charge in [-0.3, -0.25) is 4.72 Å². The van der Waals surface area contributed by atoms with Gasteiger partial charge in [0.2, 0.25) is 0 Å². The molecular weight excluding hydrogens is 388 g/mol. The molecule has 0 amide bonds. The Balaban J connectivity index is 1.91. The third-order valence-corrected chi connectivity index (χ3v) is 7.08. The molecule has 0 aromatic heterocycles. The van der Waals surface area contributed by atoms with E-state index in [-0.39, 0.29) is 9.79 Å². The fourth-order valence-corrected chi connectivity index (χ4v) is 5.72. The highest BCUT2D eigenvalue weighted by Gasteiger charge is 2.24. The number of morpholine rings is 1. The van der Waals surface area contributed by atoms with Crippen molar-refractivity contribution in [3.05, 3.63) is 48.0 Å². The predicted molar refractivity (Wildman–Crippen MR) is 105 cm³/mol. The van der Waals surface area contributed by atoms with Gasteiger partial charge in [0.05, 0.1) is 23.8 Å². The minimum atomic E-state index is -4.05. The van der Waals surface area contributed by atoms with Crippen LogP contribution in [-0.4, -0.2) is 49.4 Å². The van der Waals surface area contributed by atoms with E-state index in [2.05, 4.69) is 9.62 Å². The van der Waals surface area contributed by atoms with Gasteiger partial charge in [0.15, 0.2) is 9.84 Å². The number of benzene rings is 2. The zero-order chi connectivity index (χ0) is 19.7. The predicted octanol–water partition coefficient (Wildman–Crippen LogP) is 2.04. The lowest BCUT2D eigenvalue weighted by molar-refractivity contribution is 0.122. The fraction of sp³-hybridized carbons (Fsp3) is 0.333. The van der Waals surface area contributed by atoms with Crippen molar-refractivity contribution in [1.82, 2.24) is 0 Å². The topological polar surface area (TPSA) is 92.8 Å². The van der Waals surface area contributed by atoms with Crippen molar-refractivity contribution in [1.29, 1.82) is 0 Å². The summed E-state index contributed by atoms with van der Waals surface area (Å²) in [5.74, 6) is 0. The zero-order valence-corrected chi connectivity index (χ0v) is 16.8. The molecule has 1 fully saturated rings. The van der Waals surface area contributed by atoms with Crippen molar-refractivity contribution in [2.75, 3.05) is 42.2 Å². The van der Waals surface area contributed by atoms with E-state index >= 15 is 0 Å². The first-order valence-electron chi connectivity index (χ1n) is 8.44. The van der Waals surface area contributed by atoms with Gasteiger partial charge >= 0.3 is 0 Å². The monoisotopic (exact) mass is 410 g/mol. The maximum Gasteiger partial charge on any atom is 0.263 e. The Morgan fingerprint density at radius 1 is 0.963 bits per heavy atom. The van der Waals surface area contributed by atoms with Crippen LogP contribution in [0.15, 0.2) is 52.3 Å². The molecule has 3 rings (SSSR count). The molecule has 1 N–H and O–H groups in total. The molecule has 7 nitrogen and oxygen atoms in total. The summed E-state index contributed by atoms with van der Waals surface area (Å²) in [4.78, 5) is 1.69. The average molecular weight is 411 g/mol. The van der Waals surface area contributed by atoms with Gasteiger partial charge in [0.25, 0.3) is 10.0 Å². The Kier molecular flexibility index (Phi) is 5.45. The molecule has 1 aliphatic rings. The first kappa shape index (κ1) is 19.7. The van der Waals surface area contributed by atoms with Crippen molar-refractivity contribution < 1.29 is 21.6 Å². The zero-order valence-electron chi connectivity index (χ0n) is 15.2. The van der Waals surface area contributed by atoms with E-state index in [4.69, 9.17) is 4.74 Å². The van der Waals surface area contributed by atoms with Crippen LogP contribution in [0.1, 0.15) is 5.56 Å². The summed E-state index contributed by atoms with van der Waals surface area (Å²) in [6.45, 7) is 4.70. The van der Waals surface area contributed by atoms with Crippen LogP contribution in [0.5, 0.6) is 0 Å². The third-order valence-electron chi connectivity index (χ3n) is 4.37. The maximum atomic E-state index is 12.8. The van der Waals surface area contributed by atoms with Crippen molar-refractivity contribution in [3.8, 4) is 0 Å². The van der Waals surface area contributed by atoms with Gasteiger partial charge in [-0.05, 0) is 42.8 Å². The molecule has 0 unspecified atom stereocenters. The Labute approximate surface area is 159 Å².